The Morgan fingerprint density at radius 1 is 1.18 bits per heavy atom. The van der Waals surface area contributed by atoms with Gasteiger partial charge in [0.05, 0.1) is 4.92 Å². The molecule has 34 heavy (non-hydrogen) atoms. The van der Waals surface area contributed by atoms with Crippen molar-refractivity contribution in [3.8, 4) is 5.69 Å². The van der Waals surface area contributed by atoms with Gasteiger partial charge < -0.3 is 5.32 Å². The van der Waals surface area contributed by atoms with E-state index < -0.39 is 16.3 Å². The summed E-state index contributed by atoms with van der Waals surface area (Å²) < 4.78 is 14.3. The number of piperidine rings is 1. The Balaban J connectivity index is 1.45. The molecule has 4 rings (SSSR count). The van der Waals surface area contributed by atoms with Crippen molar-refractivity contribution >= 4 is 11.6 Å². The van der Waals surface area contributed by atoms with E-state index in [9.17, 15) is 24.1 Å². The second kappa shape index (κ2) is 9.92. The summed E-state index contributed by atoms with van der Waals surface area (Å²) in [6.07, 6.45) is 1.38. The Kier molecular flexibility index (Phi) is 6.78. The molecule has 1 N–H and O–H groups in total. The van der Waals surface area contributed by atoms with Crippen molar-refractivity contribution in [2.45, 2.75) is 32.4 Å². The number of para-hydroxylation sites is 2. The quantitative estimate of drug-likeness (QED) is 0.443. The molecular weight excluding hydrogens is 441 g/mol. The predicted octanol–water partition coefficient (Wildman–Crippen LogP) is 2.98. The van der Waals surface area contributed by atoms with Gasteiger partial charge in [0.25, 0.3) is 11.6 Å². The molecule has 9 nitrogen and oxygen atoms in total. The van der Waals surface area contributed by atoms with Crippen molar-refractivity contribution in [3.63, 3.8) is 0 Å². The first-order valence-electron chi connectivity index (χ1n) is 10.9. The second-order valence-electron chi connectivity index (χ2n) is 8.31. The first-order chi connectivity index (χ1) is 16.3. The average Bonchev–Trinajstić information content (AvgIpc) is 2.82. The van der Waals surface area contributed by atoms with E-state index in [4.69, 9.17) is 0 Å². The number of aryl methyl sites for hydroxylation is 1. The smallest absolute Gasteiger partial charge is 0.294 e. The number of nitro benzene ring substituents is 1. The number of carbonyl (C=O) groups excluding carboxylic acids is 1. The molecule has 1 fully saturated rings. The number of amides is 1. The molecule has 1 aliphatic rings. The number of likely N-dealkylation sites (tertiary alicyclic amines) is 1. The number of halogens is 1. The van der Waals surface area contributed by atoms with Crippen molar-refractivity contribution in [1.82, 2.24) is 20.0 Å². The number of nitrogens with one attached hydrogen (secondary N) is 1. The molecule has 2 heterocycles. The summed E-state index contributed by atoms with van der Waals surface area (Å²) in [4.78, 5) is 38.5. The summed E-state index contributed by atoms with van der Waals surface area (Å²) >= 11 is 0. The SMILES string of the molecule is Cc1cc(=O)c(C(=O)NC2CCN(Cc3ccc(F)cc3)CC2)nn1-c1ccccc1[N+](=O)[O-]. The summed E-state index contributed by atoms with van der Waals surface area (Å²) in [5.74, 6) is -0.870. The molecule has 0 radical (unpaired) electrons. The van der Waals surface area contributed by atoms with Crippen molar-refractivity contribution in [2.24, 2.45) is 0 Å². The second-order valence-corrected chi connectivity index (χ2v) is 8.31. The van der Waals surface area contributed by atoms with Crippen LogP contribution in [-0.4, -0.2) is 44.6 Å². The van der Waals surface area contributed by atoms with Crippen LogP contribution >= 0.6 is 0 Å². The van der Waals surface area contributed by atoms with Gasteiger partial charge in [-0.15, -0.1) is 0 Å². The molecule has 0 saturated carbocycles. The lowest BCUT2D eigenvalue weighted by Gasteiger charge is -2.32. The highest BCUT2D eigenvalue weighted by molar-refractivity contribution is 5.92. The predicted molar refractivity (Wildman–Crippen MR) is 123 cm³/mol. The monoisotopic (exact) mass is 465 g/mol. The molecule has 0 bridgehead atoms. The summed E-state index contributed by atoms with van der Waals surface area (Å²) in [5.41, 5.74) is 0.541. The lowest BCUT2D eigenvalue weighted by Crippen LogP contribution is -2.45. The van der Waals surface area contributed by atoms with Crippen LogP contribution in [0.25, 0.3) is 5.69 Å². The molecule has 0 spiro atoms. The van der Waals surface area contributed by atoms with E-state index in [0.29, 0.717) is 25.1 Å². The number of nitro groups is 1. The standard InChI is InChI=1S/C24H24FN5O4/c1-16-14-22(31)23(27-29(16)20-4-2-3-5-21(20)30(33)34)24(32)26-19-10-12-28(13-11-19)15-17-6-8-18(25)9-7-17/h2-9,14,19H,10-13,15H2,1H3,(H,26,32). The fraction of sp³-hybridized carbons (Fsp3) is 0.292. The number of hydrogen-bond donors (Lipinski definition) is 1. The van der Waals surface area contributed by atoms with Crippen LogP contribution in [-0.2, 0) is 6.54 Å². The number of hydrogen-bond acceptors (Lipinski definition) is 6. The van der Waals surface area contributed by atoms with Crippen LogP contribution in [0.15, 0.2) is 59.4 Å². The average molecular weight is 465 g/mol. The Labute approximate surface area is 195 Å². The van der Waals surface area contributed by atoms with Crippen LogP contribution in [0, 0.1) is 22.9 Å². The maximum atomic E-state index is 13.1. The Morgan fingerprint density at radius 3 is 2.53 bits per heavy atom. The van der Waals surface area contributed by atoms with Gasteiger partial charge in [-0.05, 0) is 43.5 Å². The molecule has 1 aliphatic heterocycles. The molecule has 10 heteroatoms. The topological polar surface area (TPSA) is 110 Å². The van der Waals surface area contributed by atoms with Crippen LogP contribution < -0.4 is 10.7 Å². The molecule has 0 unspecified atom stereocenters. The van der Waals surface area contributed by atoms with Crippen molar-refractivity contribution in [2.75, 3.05) is 13.1 Å². The Bertz CT molecular complexity index is 1270. The highest BCUT2D eigenvalue weighted by atomic mass is 19.1. The molecular formula is C24H24FN5O4. The molecule has 2 aromatic carbocycles. The van der Waals surface area contributed by atoms with Gasteiger partial charge in [-0.2, -0.15) is 5.10 Å². The van der Waals surface area contributed by atoms with Gasteiger partial charge >= 0.3 is 0 Å². The molecule has 0 atom stereocenters. The largest absolute Gasteiger partial charge is 0.348 e. The van der Waals surface area contributed by atoms with E-state index in [-0.39, 0.29) is 28.9 Å². The van der Waals surface area contributed by atoms with Gasteiger partial charge in [-0.25, -0.2) is 9.07 Å². The maximum absolute atomic E-state index is 13.1. The lowest BCUT2D eigenvalue weighted by molar-refractivity contribution is -0.384. The summed E-state index contributed by atoms with van der Waals surface area (Å²) in [6, 6.07) is 13.5. The van der Waals surface area contributed by atoms with Gasteiger partial charge in [-0.3, -0.25) is 24.6 Å². The highest BCUT2D eigenvalue weighted by Crippen LogP contribution is 2.22. The number of rotatable bonds is 6. The Hall–Kier alpha value is -3.92. The van der Waals surface area contributed by atoms with Gasteiger partial charge in [0.2, 0.25) is 5.43 Å². The van der Waals surface area contributed by atoms with Crippen molar-refractivity contribution in [1.29, 1.82) is 0 Å². The lowest BCUT2D eigenvalue weighted by atomic mass is 10.0. The third kappa shape index (κ3) is 5.18. The fourth-order valence-electron chi connectivity index (χ4n) is 4.08. The number of nitrogens with zero attached hydrogens (tertiary/aromatic N) is 4. The summed E-state index contributed by atoms with van der Waals surface area (Å²) in [5, 5.41) is 18.5. The van der Waals surface area contributed by atoms with E-state index in [1.54, 1.807) is 25.1 Å². The molecule has 176 valence electrons. The normalized spacial score (nSPS) is 14.6. The zero-order valence-electron chi connectivity index (χ0n) is 18.6. The highest BCUT2D eigenvalue weighted by Gasteiger charge is 2.24. The van der Waals surface area contributed by atoms with E-state index >= 15 is 0 Å². The third-order valence-corrected chi connectivity index (χ3v) is 5.87. The maximum Gasteiger partial charge on any atom is 0.294 e. The first-order valence-corrected chi connectivity index (χ1v) is 10.9. The van der Waals surface area contributed by atoms with E-state index in [0.717, 1.165) is 18.7 Å². The van der Waals surface area contributed by atoms with Crippen LogP contribution in [0.3, 0.4) is 0 Å². The number of benzene rings is 2. The zero-order chi connectivity index (χ0) is 24.2. The van der Waals surface area contributed by atoms with Crippen molar-refractivity contribution < 1.29 is 14.1 Å². The summed E-state index contributed by atoms with van der Waals surface area (Å²) in [6.45, 7) is 3.78. The minimum atomic E-state index is -0.602. The zero-order valence-corrected chi connectivity index (χ0v) is 18.6. The molecule has 1 aromatic heterocycles. The van der Waals surface area contributed by atoms with Gasteiger partial charge in [0.1, 0.15) is 11.5 Å². The fourth-order valence-corrected chi connectivity index (χ4v) is 4.08. The minimum Gasteiger partial charge on any atom is -0.348 e. The number of carbonyl (C=O) groups is 1. The molecule has 3 aromatic rings. The number of aromatic nitrogens is 2. The van der Waals surface area contributed by atoms with Crippen LogP contribution in [0.4, 0.5) is 10.1 Å². The first kappa shape index (κ1) is 23.2. The van der Waals surface area contributed by atoms with Gasteiger partial charge in [0.15, 0.2) is 5.69 Å². The minimum absolute atomic E-state index is 0.126. The van der Waals surface area contributed by atoms with E-state index in [1.165, 1.54) is 41.1 Å². The van der Waals surface area contributed by atoms with Crippen LogP contribution in [0.5, 0.6) is 0 Å². The van der Waals surface area contributed by atoms with Crippen molar-refractivity contribution in [3.05, 3.63) is 97.7 Å². The summed E-state index contributed by atoms with van der Waals surface area (Å²) in [7, 11) is 0. The molecule has 0 aliphatic carbocycles. The van der Waals surface area contributed by atoms with E-state index in [1.807, 2.05) is 0 Å². The van der Waals surface area contributed by atoms with E-state index in [2.05, 4.69) is 15.3 Å². The molecule has 1 saturated heterocycles. The Morgan fingerprint density at radius 2 is 1.85 bits per heavy atom. The van der Waals surface area contributed by atoms with Crippen LogP contribution in [0.1, 0.15) is 34.6 Å². The van der Waals surface area contributed by atoms with Crippen LogP contribution in [0.2, 0.25) is 0 Å². The third-order valence-electron chi connectivity index (χ3n) is 5.87. The van der Waals surface area contributed by atoms with Gasteiger partial charge in [0, 0.05) is 43.5 Å². The van der Waals surface area contributed by atoms with Gasteiger partial charge in [-0.1, -0.05) is 24.3 Å². The molecule has 1 amide bonds.